The van der Waals surface area contributed by atoms with Crippen molar-refractivity contribution < 1.29 is 19.5 Å². The van der Waals surface area contributed by atoms with Gasteiger partial charge in [0.15, 0.2) is 0 Å². The van der Waals surface area contributed by atoms with E-state index in [4.69, 9.17) is 4.84 Å². The lowest BCUT2D eigenvalue weighted by Crippen LogP contribution is -2.46. The van der Waals surface area contributed by atoms with Gasteiger partial charge in [-0.25, -0.2) is 0 Å². The highest BCUT2D eigenvalue weighted by Gasteiger charge is 2.19. The molecule has 0 aliphatic heterocycles. The van der Waals surface area contributed by atoms with E-state index in [-0.39, 0.29) is 29.7 Å². The number of benzene rings is 2. The van der Waals surface area contributed by atoms with E-state index in [1.807, 2.05) is 19.1 Å². The third kappa shape index (κ3) is 7.01. The van der Waals surface area contributed by atoms with E-state index in [0.29, 0.717) is 17.9 Å². The number of azo groups is 1. The molecule has 0 saturated heterocycles. The summed E-state index contributed by atoms with van der Waals surface area (Å²) in [6.45, 7) is 3.70. The number of carbonyl (C=O) groups is 2. The Balaban J connectivity index is 2.14. The van der Waals surface area contributed by atoms with Gasteiger partial charge in [0.1, 0.15) is 24.1 Å². The molecule has 2 amide bonds. The second-order valence-corrected chi connectivity index (χ2v) is 6.34. The SMILES string of the molecule is CCO/N=C\c1ccc(N=Nc2cc(C[C@H](NC(C)=O)C(=O)NC)ccc2O)cc1. The molecule has 9 nitrogen and oxygen atoms in total. The number of oxime groups is 1. The first-order valence-corrected chi connectivity index (χ1v) is 9.40. The minimum absolute atomic E-state index is 0.0426. The molecule has 0 radical (unpaired) electrons. The van der Waals surface area contributed by atoms with Crippen LogP contribution in [0, 0.1) is 0 Å². The van der Waals surface area contributed by atoms with Crippen molar-refractivity contribution in [3.8, 4) is 5.75 Å². The summed E-state index contributed by atoms with van der Waals surface area (Å²) >= 11 is 0. The Labute approximate surface area is 174 Å². The number of likely N-dealkylation sites (N-methyl/N-ethyl adjacent to an activating group) is 1. The first kappa shape index (κ1) is 22.5. The van der Waals surface area contributed by atoms with Crippen LogP contribution < -0.4 is 10.6 Å². The van der Waals surface area contributed by atoms with Gasteiger partial charge in [-0.15, -0.1) is 5.11 Å². The Morgan fingerprint density at radius 3 is 2.53 bits per heavy atom. The number of hydrogen-bond donors (Lipinski definition) is 3. The minimum atomic E-state index is -0.729. The molecule has 3 N–H and O–H groups in total. The second kappa shape index (κ2) is 11.3. The molecular formula is C21H25N5O4. The van der Waals surface area contributed by atoms with Crippen molar-refractivity contribution >= 4 is 29.4 Å². The van der Waals surface area contributed by atoms with Gasteiger partial charge >= 0.3 is 0 Å². The quantitative estimate of drug-likeness (QED) is 0.333. The zero-order chi connectivity index (χ0) is 21.9. The van der Waals surface area contributed by atoms with E-state index in [9.17, 15) is 14.7 Å². The molecule has 1 atom stereocenters. The number of rotatable bonds is 9. The van der Waals surface area contributed by atoms with E-state index >= 15 is 0 Å². The summed E-state index contributed by atoms with van der Waals surface area (Å²) in [5, 5.41) is 27.2. The van der Waals surface area contributed by atoms with Crippen LogP contribution in [-0.2, 0) is 20.8 Å². The fourth-order valence-electron chi connectivity index (χ4n) is 2.55. The van der Waals surface area contributed by atoms with Crippen LogP contribution in [0.25, 0.3) is 0 Å². The van der Waals surface area contributed by atoms with E-state index < -0.39 is 6.04 Å². The first-order valence-electron chi connectivity index (χ1n) is 9.40. The van der Waals surface area contributed by atoms with Crippen molar-refractivity contribution in [3.63, 3.8) is 0 Å². The molecule has 2 aromatic carbocycles. The normalized spacial score (nSPS) is 12.1. The number of phenols is 1. The Morgan fingerprint density at radius 1 is 1.17 bits per heavy atom. The number of aromatic hydroxyl groups is 1. The molecule has 0 saturated carbocycles. The highest BCUT2D eigenvalue weighted by atomic mass is 16.6. The van der Waals surface area contributed by atoms with Crippen molar-refractivity contribution in [2.45, 2.75) is 26.3 Å². The first-order chi connectivity index (χ1) is 14.4. The third-order valence-electron chi connectivity index (χ3n) is 3.99. The summed E-state index contributed by atoms with van der Waals surface area (Å²) < 4.78 is 0. The van der Waals surface area contributed by atoms with Crippen molar-refractivity contribution in [2.75, 3.05) is 13.7 Å². The Hall–Kier alpha value is -3.75. The molecule has 30 heavy (non-hydrogen) atoms. The van der Waals surface area contributed by atoms with Crippen LogP contribution in [0.2, 0.25) is 0 Å². The Morgan fingerprint density at radius 2 is 1.90 bits per heavy atom. The third-order valence-corrected chi connectivity index (χ3v) is 3.99. The summed E-state index contributed by atoms with van der Waals surface area (Å²) in [6.07, 6.45) is 1.84. The molecule has 0 aliphatic rings. The average molecular weight is 411 g/mol. The lowest BCUT2D eigenvalue weighted by atomic mass is 10.0. The zero-order valence-corrected chi connectivity index (χ0v) is 17.1. The highest BCUT2D eigenvalue weighted by molar-refractivity contribution is 5.87. The molecule has 0 spiro atoms. The van der Waals surface area contributed by atoms with Crippen molar-refractivity contribution in [3.05, 3.63) is 53.6 Å². The van der Waals surface area contributed by atoms with Crippen LogP contribution in [0.15, 0.2) is 57.8 Å². The standard InChI is InChI=1S/C21H25N5O4/c1-4-30-23-13-15-5-8-17(9-6-15)25-26-18-11-16(7-10-20(18)28)12-19(21(29)22-3)24-14(2)27/h5-11,13,19,28H,4,12H2,1-3H3,(H,22,29)(H,24,27)/b23-13-,26-25?/t19-/m0/s1. The topological polar surface area (TPSA) is 125 Å². The summed E-state index contributed by atoms with van der Waals surface area (Å²) in [7, 11) is 1.50. The lowest BCUT2D eigenvalue weighted by Gasteiger charge is -2.16. The van der Waals surface area contributed by atoms with Gasteiger partial charge in [0.25, 0.3) is 0 Å². The van der Waals surface area contributed by atoms with Gasteiger partial charge in [0.05, 0.1) is 11.9 Å². The van der Waals surface area contributed by atoms with Crippen LogP contribution in [-0.4, -0.2) is 42.8 Å². The number of hydrogen-bond acceptors (Lipinski definition) is 7. The van der Waals surface area contributed by atoms with Crippen molar-refractivity contribution in [1.82, 2.24) is 10.6 Å². The van der Waals surface area contributed by atoms with Gasteiger partial charge in [-0.2, -0.15) is 5.11 Å². The monoisotopic (exact) mass is 411 g/mol. The van der Waals surface area contributed by atoms with Gasteiger partial charge in [0.2, 0.25) is 11.8 Å². The average Bonchev–Trinajstić information content (AvgIpc) is 2.73. The number of phenolic OH excluding ortho intramolecular Hbond substituents is 1. The summed E-state index contributed by atoms with van der Waals surface area (Å²) in [4.78, 5) is 28.3. The van der Waals surface area contributed by atoms with E-state index in [1.54, 1.807) is 30.5 Å². The van der Waals surface area contributed by atoms with Gasteiger partial charge in [-0.3, -0.25) is 9.59 Å². The largest absolute Gasteiger partial charge is 0.506 e. The highest BCUT2D eigenvalue weighted by Crippen LogP contribution is 2.29. The van der Waals surface area contributed by atoms with Gasteiger partial charge in [-0.1, -0.05) is 23.4 Å². The van der Waals surface area contributed by atoms with Crippen molar-refractivity contribution in [1.29, 1.82) is 0 Å². The van der Waals surface area contributed by atoms with Crippen LogP contribution >= 0.6 is 0 Å². The lowest BCUT2D eigenvalue weighted by molar-refractivity contribution is -0.127. The zero-order valence-electron chi connectivity index (χ0n) is 17.1. The summed E-state index contributed by atoms with van der Waals surface area (Å²) in [5.41, 5.74) is 2.42. The molecule has 0 fully saturated rings. The maximum absolute atomic E-state index is 12.0. The maximum Gasteiger partial charge on any atom is 0.242 e. The summed E-state index contributed by atoms with van der Waals surface area (Å²) in [6, 6.07) is 11.2. The number of carbonyl (C=O) groups excluding carboxylic acids is 2. The van der Waals surface area contributed by atoms with Crippen LogP contribution in [0.4, 0.5) is 11.4 Å². The molecule has 158 valence electrons. The Bertz CT molecular complexity index is 925. The summed E-state index contributed by atoms with van der Waals surface area (Å²) in [5.74, 6) is -0.662. The smallest absolute Gasteiger partial charge is 0.242 e. The molecule has 0 aromatic heterocycles. The molecular weight excluding hydrogens is 386 g/mol. The van der Waals surface area contributed by atoms with Crippen LogP contribution in [0.3, 0.4) is 0 Å². The minimum Gasteiger partial charge on any atom is -0.506 e. The second-order valence-electron chi connectivity index (χ2n) is 6.34. The molecule has 0 heterocycles. The van der Waals surface area contributed by atoms with E-state index in [0.717, 1.165) is 5.56 Å². The molecule has 0 aliphatic carbocycles. The van der Waals surface area contributed by atoms with Gasteiger partial charge < -0.3 is 20.6 Å². The van der Waals surface area contributed by atoms with Crippen LogP contribution in [0.5, 0.6) is 5.75 Å². The maximum atomic E-state index is 12.0. The predicted molar refractivity (Wildman–Crippen MR) is 113 cm³/mol. The van der Waals surface area contributed by atoms with E-state index in [1.165, 1.54) is 20.0 Å². The molecule has 0 unspecified atom stereocenters. The van der Waals surface area contributed by atoms with Crippen LogP contribution in [0.1, 0.15) is 25.0 Å². The molecule has 0 bridgehead atoms. The number of nitrogens with one attached hydrogen (secondary N) is 2. The Kier molecular flexibility index (Phi) is 8.49. The number of nitrogens with zero attached hydrogens (tertiary/aromatic N) is 3. The fourth-order valence-corrected chi connectivity index (χ4v) is 2.55. The fraction of sp³-hybridized carbons (Fsp3) is 0.286. The van der Waals surface area contributed by atoms with Gasteiger partial charge in [-0.05, 0) is 42.3 Å². The predicted octanol–water partition coefficient (Wildman–Crippen LogP) is 2.97. The molecule has 2 aromatic rings. The molecule has 2 rings (SSSR count). The van der Waals surface area contributed by atoms with E-state index in [2.05, 4.69) is 26.0 Å². The van der Waals surface area contributed by atoms with Crippen molar-refractivity contribution in [2.24, 2.45) is 15.4 Å². The van der Waals surface area contributed by atoms with Gasteiger partial charge in [0, 0.05) is 20.4 Å². The molecule has 9 heteroatoms. The number of amides is 2.